The maximum absolute atomic E-state index is 12.2. The Morgan fingerprint density at radius 1 is 1.11 bits per heavy atom. The summed E-state index contributed by atoms with van der Waals surface area (Å²) in [6.45, 7) is 0. The minimum absolute atomic E-state index is 0.0394. The van der Waals surface area contributed by atoms with Crippen molar-refractivity contribution in [1.82, 2.24) is 25.1 Å². The van der Waals surface area contributed by atoms with Crippen LogP contribution in [0.25, 0.3) is 16.9 Å². The Labute approximate surface area is 166 Å². The van der Waals surface area contributed by atoms with Gasteiger partial charge in [-0.25, -0.2) is 0 Å². The van der Waals surface area contributed by atoms with Crippen LogP contribution >= 0.6 is 23.4 Å². The Bertz CT molecular complexity index is 937. The molecule has 0 saturated heterocycles. The molecule has 6 nitrogen and oxygen atoms in total. The van der Waals surface area contributed by atoms with Crippen molar-refractivity contribution in [1.29, 1.82) is 0 Å². The zero-order valence-electron chi connectivity index (χ0n) is 14.8. The summed E-state index contributed by atoms with van der Waals surface area (Å²) in [5, 5.41) is 17.4. The largest absolute Gasteiger partial charge is 0.353 e. The predicted octanol–water partition coefficient (Wildman–Crippen LogP) is 3.99. The molecule has 2 heterocycles. The molecule has 1 saturated carbocycles. The monoisotopic (exact) mass is 401 g/mol. The van der Waals surface area contributed by atoms with Crippen molar-refractivity contribution in [3.8, 4) is 11.3 Å². The number of fused-ring (bicyclic) bond motifs is 1. The molecule has 8 heteroatoms. The lowest BCUT2D eigenvalue weighted by Gasteiger charge is -2.22. The minimum atomic E-state index is 0.0394. The zero-order valence-corrected chi connectivity index (χ0v) is 16.3. The van der Waals surface area contributed by atoms with E-state index < -0.39 is 0 Å². The van der Waals surface area contributed by atoms with Crippen molar-refractivity contribution >= 4 is 34.9 Å². The standard InChI is InChI=1S/C19H20ClN5OS/c20-14-8-6-13(7-9-14)16-10-11-17-22-23-19(25(17)24-16)27-12-18(26)21-15-4-2-1-3-5-15/h6-11,15H,1-5,12H2,(H,21,26). The second kappa shape index (κ2) is 8.27. The second-order valence-electron chi connectivity index (χ2n) is 6.67. The Balaban J connectivity index is 1.46. The van der Waals surface area contributed by atoms with E-state index >= 15 is 0 Å². The van der Waals surface area contributed by atoms with Gasteiger partial charge in [0.1, 0.15) is 0 Å². The van der Waals surface area contributed by atoms with Crippen LogP contribution in [-0.2, 0) is 4.79 Å². The number of hydrogen-bond donors (Lipinski definition) is 1. The number of rotatable bonds is 5. The molecule has 0 atom stereocenters. The number of halogens is 1. The van der Waals surface area contributed by atoms with E-state index in [9.17, 15) is 4.79 Å². The van der Waals surface area contributed by atoms with Gasteiger partial charge in [-0.2, -0.15) is 9.61 Å². The maximum atomic E-state index is 12.2. The Kier molecular flexibility index (Phi) is 5.59. The van der Waals surface area contributed by atoms with Gasteiger partial charge in [0, 0.05) is 16.6 Å². The van der Waals surface area contributed by atoms with Crippen LogP contribution in [0.1, 0.15) is 32.1 Å². The quantitative estimate of drug-likeness (QED) is 0.654. The number of benzene rings is 1. The fourth-order valence-electron chi connectivity index (χ4n) is 3.28. The van der Waals surface area contributed by atoms with Crippen LogP contribution < -0.4 is 5.32 Å². The number of carbonyl (C=O) groups is 1. The van der Waals surface area contributed by atoms with Crippen molar-refractivity contribution in [3.05, 3.63) is 41.4 Å². The van der Waals surface area contributed by atoms with E-state index in [2.05, 4.69) is 20.6 Å². The first kappa shape index (κ1) is 18.3. The highest BCUT2D eigenvalue weighted by molar-refractivity contribution is 7.99. The SMILES string of the molecule is O=C(CSc1nnc2ccc(-c3ccc(Cl)cc3)nn12)NC1CCCCC1. The van der Waals surface area contributed by atoms with Gasteiger partial charge in [-0.1, -0.05) is 54.8 Å². The number of nitrogens with zero attached hydrogens (tertiary/aromatic N) is 4. The van der Waals surface area contributed by atoms with E-state index in [-0.39, 0.29) is 5.91 Å². The molecule has 27 heavy (non-hydrogen) atoms. The molecule has 0 aliphatic heterocycles. The van der Waals surface area contributed by atoms with E-state index in [4.69, 9.17) is 11.6 Å². The number of aromatic nitrogens is 4. The molecule has 1 amide bonds. The normalized spacial score (nSPS) is 15.1. The van der Waals surface area contributed by atoms with Crippen LogP contribution in [0.5, 0.6) is 0 Å². The number of thioether (sulfide) groups is 1. The molecule has 0 unspecified atom stereocenters. The van der Waals surface area contributed by atoms with E-state index in [1.165, 1.54) is 31.0 Å². The molecule has 1 fully saturated rings. The summed E-state index contributed by atoms with van der Waals surface area (Å²) in [6.07, 6.45) is 5.83. The molecule has 1 aliphatic carbocycles. The Morgan fingerprint density at radius 2 is 1.89 bits per heavy atom. The summed E-state index contributed by atoms with van der Waals surface area (Å²) in [5.41, 5.74) is 2.41. The molecular weight excluding hydrogens is 382 g/mol. The summed E-state index contributed by atoms with van der Waals surface area (Å²) in [5.74, 6) is 0.349. The second-order valence-corrected chi connectivity index (χ2v) is 8.05. The van der Waals surface area contributed by atoms with Crippen molar-refractivity contribution in [2.24, 2.45) is 0 Å². The fourth-order valence-corrected chi connectivity index (χ4v) is 4.10. The van der Waals surface area contributed by atoms with Gasteiger partial charge in [-0.3, -0.25) is 4.79 Å². The molecule has 1 aromatic carbocycles. The van der Waals surface area contributed by atoms with Crippen molar-refractivity contribution in [2.75, 3.05) is 5.75 Å². The first-order chi connectivity index (χ1) is 13.2. The lowest BCUT2D eigenvalue weighted by molar-refractivity contribution is -0.119. The smallest absolute Gasteiger partial charge is 0.230 e. The zero-order chi connectivity index (χ0) is 18.6. The van der Waals surface area contributed by atoms with Gasteiger partial charge in [0.25, 0.3) is 0 Å². The number of nitrogens with one attached hydrogen (secondary N) is 1. The highest BCUT2D eigenvalue weighted by atomic mass is 35.5. The van der Waals surface area contributed by atoms with E-state index in [0.717, 1.165) is 24.1 Å². The third-order valence-corrected chi connectivity index (χ3v) is 5.85. The van der Waals surface area contributed by atoms with Gasteiger partial charge >= 0.3 is 0 Å². The third-order valence-electron chi connectivity index (χ3n) is 4.68. The van der Waals surface area contributed by atoms with Crippen LogP contribution in [0.4, 0.5) is 0 Å². The average Bonchev–Trinajstić information content (AvgIpc) is 3.10. The maximum Gasteiger partial charge on any atom is 0.230 e. The molecular formula is C19H20ClN5OS. The minimum Gasteiger partial charge on any atom is -0.353 e. The molecule has 3 aromatic rings. The first-order valence-electron chi connectivity index (χ1n) is 9.09. The van der Waals surface area contributed by atoms with Crippen LogP contribution in [0.15, 0.2) is 41.6 Å². The molecule has 1 N–H and O–H groups in total. The van der Waals surface area contributed by atoms with Gasteiger partial charge in [0.05, 0.1) is 11.4 Å². The molecule has 4 rings (SSSR count). The summed E-state index contributed by atoms with van der Waals surface area (Å²) in [7, 11) is 0. The Hall–Kier alpha value is -2.12. The number of carbonyl (C=O) groups excluding carboxylic acids is 1. The van der Waals surface area contributed by atoms with Crippen molar-refractivity contribution in [2.45, 2.75) is 43.3 Å². The lowest BCUT2D eigenvalue weighted by atomic mass is 9.95. The summed E-state index contributed by atoms with van der Waals surface area (Å²) in [6, 6.07) is 11.6. The topological polar surface area (TPSA) is 72.2 Å². The summed E-state index contributed by atoms with van der Waals surface area (Å²) in [4.78, 5) is 12.2. The van der Waals surface area contributed by atoms with Gasteiger partial charge in [0.15, 0.2) is 5.65 Å². The van der Waals surface area contributed by atoms with Crippen LogP contribution in [0.2, 0.25) is 5.02 Å². The first-order valence-corrected chi connectivity index (χ1v) is 10.5. The lowest BCUT2D eigenvalue weighted by Crippen LogP contribution is -2.37. The summed E-state index contributed by atoms with van der Waals surface area (Å²) < 4.78 is 1.68. The fraction of sp³-hybridized carbons (Fsp3) is 0.368. The van der Waals surface area contributed by atoms with Crippen molar-refractivity contribution < 1.29 is 4.79 Å². The van der Waals surface area contributed by atoms with E-state index in [0.29, 0.717) is 27.6 Å². The molecule has 140 valence electrons. The van der Waals surface area contributed by atoms with Gasteiger partial charge in [-0.15, -0.1) is 10.2 Å². The van der Waals surface area contributed by atoms with Crippen LogP contribution in [0.3, 0.4) is 0 Å². The number of hydrogen-bond acceptors (Lipinski definition) is 5. The predicted molar refractivity (Wildman–Crippen MR) is 107 cm³/mol. The van der Waals surface area contributed by atoms with Gasteiger partial charge in [-0.05, 0) is 37.1 Å². The van der Waals surface area contributed by atoms with E-state index in [1.807, 2.05) is 36.4 Å². The molecule has 0 bridgehead atoms. The van der Waals surface area contributed by atoms with Gasteiger partial charge in [0.2, 0.25) is 11.1 Å². The summed E-state index contributed by atoms with van der Waals surface area (Å²) >= 11 is 7.31. The van der Waals surface area contributed by atoms with E-state index in [1.54, 1.807) is 4.52 Å². The van der Waals surface area contributed by atoms with Crippen molar-refractivity contribution in [3.63, 3.8) is 0 Å². The Morgan fingerprint density at radius 3 is 2.67 bits per heavy atom. The molecule has 0 spiro atoms. The molecule has 2 aromatic heterocycles. The van der Waals surface area contributed by atoms with Crippen LogP contribution in [0, 0.1) is 0 Å². The highest BCUT2D eigenvalue weighted by Crippen LogP contribution is 2.22. The number of amides is 1. The average molecular weight is 402 g/mol. The molecule has 1 aliphatic rings. The third kappa shape index (κ3) is 4.42. The molecule has 0 radical (unpaired) electrons. The van der Waals surface area contributed by atoms with Gasteiger partial charge < -0.3 is 5.32 Å². The van der Waals surface area contributed by atoms with Crippen LogP contribution in [-0.4, -0.2) is 37.5 Å². The highest BCUT2D eigenvalue weighted by Gasteiger charge is 2.17.